The van der Waals surface area contributed by atoms with Gasteiger partial charge < -0.3 is 0 Å². The minimum Gasteiger partial charge on any atom is -0.208 e. The summed E-state index contributed by atoms with van der Waals surface area (Å²) < 4.78 is 0. The van der Waals surface area contributed by atoms with Crippen LogP contribution in [0.3, 0.4) is 0 Å². The summed E-state index contributed by atoms with van der Waals surface area (Å²) in [5.74, 6) is 2.00. The Bertz CT molecular complexity index is 3190. The van der Waals surface area contributed by atoms with E-state index in [-0.39, 0.29) is 10.8 Å². The third kappa shape index (κ3) is 4.56. The summed E-state index contributed by atoms with van der Waals surface area (Å²) in [5, 5.41) is 2.34. The molecule has 0 unspecified atom stereocenters. The van der Waals surface area contributed by atoms with Crippen molar-refractivity contribution < 1.29 is 0 Å². The molecule has 280 valence electrons. The average molecular weight is 756 g/mol. The van der Waals surface area contributed by atoms with Crippen LogP contribution >= 0.6 is 0 Å². The van der Waals surface area contributed by atoms with E-state index in [2.05, 4.69) is 204 Å². The van der Waals surface area contributed by atoms with Crippen LogP contribution in [-0.2, 0) is 16.2 Å². The standard InChI is InChI=1S/C56H41N3/c1-54(2)42-21-9-7-18-38(42)39-31-30-37(33-49(39)54)52-57-51(36-29-28-34-16-5-6-17-35(34)32-36)58-53(59-52)41-20-15-27-48-50(41)40-19-8-10-22-43(40)56(48)46-25-13-11-23-44(46)55(3,4)45-24-12-14-26-47(45)56/h5-33H,1-4H3. The van der Waals surface area contributed by atoms with Gasteiger partial charge in [0.15, 0.2) is 17.5 Å². The van der Waals surface area contributed by atoms with E-state index in [9.17, 15) is 0 Å². The Morgan fingerprint density at radius 3 is 1.49 bits per heavy atom. The smallest absolute Gasteiger partial charge is 0.164 e. The van der Waals surface area contributed by atoms with Gasteiger partial charge in [0.05, 0.1) is 5.41 Å². The number of hydrogen-bond donors (Lipinski definition) is 0. The lowest BCUT2D eigenvalue weighted by molar-refractivity contribution is 0.563. The monoisotopic (exact) mass is 755 g/mol. The van der Waals surface area contributed by atoms with Crippen molar-refractivity contribution in [2.24, 2.45) is 0 Å². The van der Waals surface area contributed by atoms with Gasteiger partial charge in [-0.05, 0) is 89.7 Å². The zero-order chi connectivity index (χ0) is 39.7. The Kier molecular flexibility index (Phi) is 6.96. The van der Waals surface area contributed by atoms with Crippen molar-refractivity contribution in [1.82, 2.24) is 15.0 Å². The molecule has 0 saturated carbocycles. The van der Waals surface area contributed by atoms with E-state index in [1.807, 2.05) is 0 Å². The molecular weight excluding hydrogens is 715 g/mol. The van der Waals surface area contributed by atoms with Gasteiger partial charge in [0.2, 0.25) is 0 Å². The number of hydrogen-bond acceptors (Lipinski definition) is 3. The summed E-state index contributed by atoms with van der Waals surface area (Å²) in [7, 11) is 0. The highest BCUT2D eigenvalue weighted by molar-refractivity contribution is 5.96. The molecule has 8 aromatic carbocycles. The third-order valence-electron chi connectivity index (χ3n) is 13.8. The van der Waals surface area contributed by atoms with Crippen molar-refractivity contribution in [3.8, 4) is 56.4 Å². The van der Waals surface area contributed by atoms with Crippen LogP contribution in [0.25, 0.3) is 67.2 Å². The maximum atomic E-state index is 5.46. The highest BCUT2D eigenvalue weighted by Gasteiger charge is 2.53. The van der Waals surface area contributed by atoms with Crippen molar-refractivity contribution in [3.63, 3.8) is 0 Å². The largest absolute Gasteiger partial charge is 0.208 e. The van der Waals surface area contributed by atoms with Gasteiger partial charge >= 0.3 is 0 Å². The van der Waals surface area contributed by atoms with E-state index in [0.29, 0.717) is 17.5 Å². The SMILES string of the molecule is CC1(C)c2ccccc2-c2ccc(-c3nc(-c4ccc5ccccc5c4)nc(-c4cccc5c4-c4ccccc4C54c5ccccc5C(C)(C)c5ccccc54)n3)cc21. The lowest BCUT2D eigenvalue weighted by Crippen LogP contribution is -2.40. The van der Waals surface area contributed by atoms with E-state index in [0.717, 1.165) is 22.1 Å². The lowest BCUT2D eigenvalue weighted by atomic mass is 9.55. The summed E-state index contributed by atoms with van der Waals surface area (Å²) >= 11 is 0. The summed E-state index contributed by atoms with van der Waals surface area (Å²) in [6.07, 6.45) is 0. The van der Waals surface area contributed by atoms with Crippen LogP contribution in [0.5, 0.6) is 0 Å². The number of rotatable bonds is 3. The molecule has 1 heterocycles. The Labute approximate surface area is 345 Å². The van der Waals surface area contributed by atoms with Crippen molar-refractivity contribution in [2.75, 3.05) is 0 Å². The topological polar surface area (TPSA) is 38.7 Å². The van der Waals surface area contributed by atoms with E-state index < -0.39 is 5.41 Å². The van der Waals surface area contributed by atoms with Crippen molar-refractivity contribution in [1.29, 1.82) is 0 Å². The van der Waals surface area contributed by atoms with Gasteiger partial charge in [-0.15, -0.1) is 0 Å². The van der Waals surface area contributed by atoms with E-state index in [4.69, 9.17) is 15.0 Å². The first kappa shape index (κ1) is 34.1. The molecule has 9 aromatic rings. The molecule has 1 aromatic heterocycles. The third-order valence-corrected chi connectivity index (χ3v) is 13.8. The molecule has 3 aliphatic carbocycles. The Balaban J connectivity index is 1.13. The first-order valence-corrected chi connectivity index (χ1v) is 20.7. The second kappa shape index (κ2) is 12.0. The summed E-state index contributed by atoms with van der Waals surface area (Å²) in [4.78, 5) is 16.2. The van der Waals surface area contributed by atoms with Crippen molar-refractivity contribution in [2.45, 2.75) is 43.9 Å². The summed E-state index contributed by atoms with van der Waals surface area (Å²) in [6.45, 7) is 9.39. The molecule has 3 nitrogen and oxygen atoms in total. The quantitative estimate of drug-likeness (QED) is 0.180. The minimum absolute atomic E-state index is 0.154. The molecule has 0 fully saturated rings. The Hall–Kier alpha value is -6.97. The van der Waals surface area contributed by atoms with Gasteiger partial charge in [-0.3, -0.25) is 0 Å². The van der Waals surface area contributed by atoms with Crippen LogP contribution in [-0.4, -0.2) is 15.0 Å². The number of benzene rings is 8. The van der Waals surface area contributed by atoms with Gasteiger partial charge in [-0.1, -0.05) is 191 Å². The fraction of sp³-hybridized carbons (Fsp3) is 0.125. The molecule has 3 aliphatic rings. The fourth-order valence-electron chi connectivity index (χ4n) is 11.0. The number of fused-ring (bicyclic) bond motifs is 13. The second-order valence-corrected chi connectivity index (χ2v) is 17.5. The van der Waals surface area contributed by atoms with Gasteiger partial charge in [-0.2, -0.15) is 0 Å². The van der Waals surface area contributed by atoms with Crippen LogP contribution in [0, 0.1) is 0 Å². The molecule has 12 rings (SSSR count). The number of nitrogens with zero attached hydrogens (tertiary/aromatic N) is 3. The molecule has 0 aliphatic heterocycles. The number of aromatic nitrogens is 3. The second-order valence-electron chi connectivity index (χ2n) is 17.5. The van der Waals surface area contributed by atoms with Crippen LogP contribution in [0.15, 0.2) is 176 Å². The maximum absolute atomic E-state index is 5.46. The van der Waals surface area contributed by atoms with E-state index in [1.54, 1.807) is 0 Å². The highest BCUT2D eigenvalue weighted by Crippen LogP contribution is 2.63. The molecule has 0 saturated heterocycles. The Morgan fingerprint density at radius 1 is 0.305 bits per heavy atom. The summed E-state index contributed by atoms with van der Waals surface area (Å²) in [5.41, 5.74) is 17.7. The fourth-order valence-corrected chi connectivity index (χ4v) is 11.0. The Morgan fingerprint density at radius 2 is 0.780 bits per heavy atom. The van der Waals surface area contributed by atoms with Gasteiger partial charge in [0.1, 0.15) is 0 Å². The van der Waals surface area contributed by atoms with Gasteiger partial charge in [-0.25, -0.2) is 15.0 Å². The molecule has 0 radical (unpaired) electrons. The first-order valence-electron chi connectivity index (χ1n) is 20.7. The van der Waals surface area contributed by atoms with Crippen LogP contribution in [0.2, 0.25) is 0 Å². The highest BCUT2D eigenvalue weighted by atomic mass is 15.0. The van der Waals surface area contributed by atoms with E-state index in [1.165, 1.54) is 72.1 Å². The molecule has 0 N–H and O–H groups in total. The average Bonchev–Trinajstić information content (AvgIpc) is 3.71. The molecule has 3 heteroatoms. The van der Waals surface area contributed by atoms with Crippen LogP contribution in [0.1, 0.15) is 72.2 Å². The van der Waals surface area contributed by atoms with Gasteiger partial charge in [0, 0.05) is 27.5 Å². The van der Waals surface area contributed by atoms with Crippen molar-refractivity contribution >= 4 is 10.8 Å². The molecule has 0 atom stereocenters. The molecule has 1 spiro atoms. The van der Waals surface area contributed by atoms with Gasteiger partial charge in [0.25, 0.3) is 0 Å². The van der Waals surface area contributed by atoms with Crippen molar-refractivity contribution in [3.05, 3.63) is 220 Å². The van der Waals surface area contributed by atoms with Crippen LogP contribution < -0.4 is 0 Å². The minimum atomic E-state index is -0.512. The molecule has 59 heavy (non-hydrogen) atoms. The summed E-state index contributed by atoms with van der Waals surface area (Å²) in [6, 6.07) is 64.5. The first-order chi connectivity index (χ1) is 28.8. The van der Waals surface area contributed by atoms with Crippen LogP contribution in [0.4, 0.5) is 0 Å². The normalized spacial score (nSPS) is 15.5. The molecular formula is C56H41N3. The zero-order valence-electron chi connectivity index (χ0n) is 33.6. The lowest BCUT2D eigenvalue weighted by Gasteiger charge is -2.46. The molecule has 0 amide bonds. The predicted molar refractivity (Wildman–Crippen MR) is 241 cm³/mol. The zero-order valence-corrected chi connectivity index (χ0v) is 33.6. The van der Waals surface area contributed by atoms with E-state index >= 15 is 0 Å². The molecule has 0 bridgehead atoms. The predicted octanol–water partition coefficient (Wildman–Crippen LogP) is 13.3. The maximum Gasteiger partial charge on any atom is 0.164 e.